The van der Waals surface area contributed by atoms with Crippen LogP contribution >= 0.6 is 0 Å². The zero-order chi connectivity index (χ0) is 15.7. The van der Waals surface area contributed by atoms with E-state index in [-0.39, 0.29) is 11.1 Å². The van der Waals surface area contributed by atoms with E-state index < -0.39 is 17.6 Å². The summed E-state index contributed by atoms with van der Waals surface area (Å²) < 4.78 is 26.7. The van der Waals surface area contributed by atoms with Crippen molar-refractivity contribution in [2.24, 2.45) is 0 Å². The van der Waals surface area contributed by atoms with E-state index in [2.05, 4.69) is 10.2 Å². The minimum Gasteiger partial charge on any atom is -0.478 e. The molecule has 0 radical (unpaired) electrons. The van der Waals surface area contributed by atoms with Crippen molar-refractivity contribution in [3.8, 4) is 22.5 Å². The Balaban J connectivity index is 2.00. The Morgan fingerprint density at radius 2 is 1.91 bits per heavy atom. The Kier molecular flexibility index (Phi) is 3.42. The number of halogens is 2. The van der Waals surface area contributed by atoms with Crippen LogP contribution in [0.15, 0.2) is 48.5 Å². The molecule has 0 unspecified atom stereocenters. The van der Waals surface area contributed by atoms with Crippen molar-refractivity contribution in [1.29, 1.82) is 0 Å². The fourth-order valence-corrected chi connectivity index (χ4v) is 2.13. The van der Waals surface area contributed by atoms with Gasteiger partial charge in [0.15, 0.2) is 0 Å². The van der Waals surface area contributed by atoms with Gasteiger partial charge in [-0.2, -0.15) is 5.10 Å². The quantitative estimate of drug-likeness (QED) is 0.774. The summed E-state index contributed by atoms with van der Waals surface area (Å²) in [6.07, 6.45) is 0. The second-order valence-electron chi connectivity index (χ2n) is 4.68. The van der Waals surface area contributed by atoms with E-state index in [0.717, 1.165) is 12.1 Å². The average Bonchev–Trinajstić information content (AvgIpc) is 2.97. The van der Waals surface area contributed by atoms with E-state index in [1.807, 2.05) is 0 Å². The molecule has 0 saturated heterocycles. The largest absolute Gasteiger partial charge is 0.478 e. The molecule has 22 heavy (non-hydrogen) atoms. The van der Waals surface area contributed by atoms with Crippen LogP contribution < -0.4 is 0 Å². The predicted molar refractivity (Wildman–Crippen MR) is 76.3 cm³/mol. The summed E-state index contributed by atoms with van der Waals surface area (Å²) in [4.78, 5) is 11.0. The number of carboxylic acid groups (broad SMARTS) is 1. The lowest BCUT2D eigenvalue weighted by molar-refractivity contribution is 0.0697. The van der Waals surface area contributed by atoms with Gasteiger partial charge in [0.1, 0.15) is 11.6 Å². The van der Waals surface area contributed by atoms with Gasteiger partial charge < -0.3 is 5.11 Å². The molecule has 110 valence electrons. The highest BCUT2D eigenvalue weighted by atomic mass is 19.1. The summed E-state index contributed by atoms with van der Waals surface area (Å²) in [6.45, 7) is 0. The van der Waals surface area contributed by atoms with Crippen LogP contribution in [-0.2, 0) is 0 Å². The number of benzene rings is 2. The molecule has 3 rings (SSSR count). The average molecular weight is 300 g/mol. The molecule has 0 saturated carbocycles. The molecule has 0 aliphatic heterocycles. The van der Waals surface area contributed by atoms with Crippen molar-refractivity contribution < 1.29 is 18.7 Å². The lowest BCUT2D eigenvalue weighted by atomic mass is 10.1. The maximum absolute atomic E-state index is 13.8. The Labute approximate surface area is 124 Å². The number of carboxylic acids is 1. The highest BCUT2D eigenvalue weighted by molar-refractivity contribution is 5.89. The minimum atomic E-state index is -1.04. The molecular weight excluding hydrogens is 290 g/mol. The maximum Gasteiger partial charge on any atom is 0.335 e. The van der Waals surface area contributed by atoms with Crippen LogP contribution in [0.5, 0.6) is 0 Å². The third-order valence-electron chi connectivity index (χ3n) is 3.20. The van der Waals surface area contributed by atoms with Gasteiger partial charge in [-0.1, -0.05) is 12.1 Å². The number of aromatic amines is 1. The molecule has 0 aliphatic carbocycles. The molecule has 6 heteroatoms. The first-order chi connectivity index (χ1) is 10.5. The van der Waals surface area contributed by atoms with Gasteiger partial charge in [0.2, 0.25) is 0 Å². The fraction of sp³-hybridized carbons (Fsp3) is 0. The zero-order valence-electron chi connectivity index (χ0n) is 11.2. The first kappa shape index (κ1) is 13.9. The van der Waals surface area contributed by atoms with Crippen LogP contribution in [-0.4, -0.2) is 21.3 Å². The Morgan fingerprint density at radius 1 is 1.09 bits per heavy atom. The van der Waals surface area contributed by atoms with E-state index in [1.165, 1.54) is 18.2 Å². The number of carbonyl (C=O) groups is 1. The minimum absolute atomic E-state index is 0.134. The molecule has 0 amide bonds. The number of aromatic nitrogens is 2. The van der Waals surface area contributed by atoms with Crippen LogP contribution in [0.25, 0.3) is 22.5 Å². The lowest BCUT2D eigenvalue weighted by Gasteiger charge is -1.99. The molecule has 0 aliphatic rings. The normalized spacial score (nSPS) is 10.6. The number of H-pyrrole nitrogens is 1. The number of hydrogen-bond donors (Lipinski definition) is 2. The molecule has 1 heterocycles. The molecule has 2 N–H and O–H groups in total. The van der Waals surface area contributed by atoms with Gasteiger partial charge in [0.25, 0.3) is 0 Å². The van der Waals surface area contributed by atoms with Crippen molar-refractivity contribution in [2.45, 2.75) is 0 Å². The second kappa shape index (κ2) is 5.40. The van der Waals surface area contributed by atoms with Crippen LogP contribution in [0, 0.1) is 11.6 Å². The molecule has 4 nitrogen and oxygen atoms in total. The maximum atomic E-state index is 13.8. The van der Waals surface area contributed by atoms with Crippen LogP contribution in [0.3, 0.4) is 0 Å². The van der Waals surface area contributed by atoms with Gasteiger partial charge in [0.05, 0.1) is 17.0 Å². The molecular formula is C16H10F2N2O2. The standard InChI is InChI=1S/C16H10F2N2O2/c17-11-4-5-12(13(18)7-11)15-8-14(19-20-15)9-2-1-3-10(6-9)16(21)22/h1-8H,(H,19,20)(H,21,22). The van der Waals surface area contributed by atoms with Gasteiger partial charge in [0, 0.05) is 17.2 Å². The smallest absolute Gasteiger partial charge is 0.335 e. The molecule has 0 bridgehead atoms. The molecule has 3 aromatic rings. The number of hydrogen-bond acceptors (Lipinski definition) is 2. The highest BCUT2D eigenvalue weighted by Crippen LogP contribution is 2.26. The molecule has 0 spiro atoms. The van der Waals surface area contributed by atoms with E-state index in [9.17, 15) is 13.6 Å². The summed E-state index contributed by atoms with van der Waals surface area (Å²) >= 11 is 0. The van der Waals surface area contributed by atoms with Crippen LogP contribution in [0.4, 0.5) is 8.78 Å². The first-order valence-corrected chi connectivity index (χ1v) is 6.39. The van der Waals surface area contributed by atoms with Crippen LogP contribution in [0.1, 0.15) is 10.4 Å². The van der Waals surface area contributed by atoms with Crippen molar-refractivity contribution in [3.05, 3.63) is 65.7 Å². The van der Waals surface area contributed by atoms with E-state index in [0.29, 0.717) is 17.0 Å². The van der Waals surface area contributed by atoms with Gasteiger partial charge in [-0.15, -0.1) is 0 Å². The second-order valence-corrected chi connectivity index (χ2v) is 4.68. The summed E-state index contributed by atoms with van der Waals surface area (Å²) in [6, 6.07) is 11.1. The monoisotopic (exact) mass is 300 g/mol. The van der Waals surface area contributed by atoms with Crippen molar-refractivity contribution in [2.75, 3.05) is 0 Å². The summed E-state index contributed by atoms with van der Waals surface area (Å²) in [5.41, 5.74) is 1.77. The fourth-order valence-electron chi connectivity index (χ4n) is 2.13. The van der Waals surface area contributed by atoms with E-state index in [4.69, 9.17) is 5.11 Å². The number of aromatic carboxylic acids is 1. The highest BCUT2D eigenvalue weighted by Gasteiger charge is 2.12. The number of nitrogens with zero attached hydrogens (tertiary/aromatic N) is 1. The van der Waals surface area contributed by atoms with Gasteiger partial charge in [-0.3, -0.25) is 5.10 Å². The summed E-state index contributed by atoms with van der Waals surface area (Å²) in [7, 11) is 0. The first-order valence-electron chi connectivity index (χ1n) is 6.39. The van der Waals surface area contributed by atoms with Crippen molar-refractivity contribution in [3.63, 3.8) is 0 Å². The molecule has 0 fully saturated rings. The third kappa shape index (κ3) is 2.58. The number of nitrogens with one attached hydrogen (secondary N) is 1. The van der Waals surface area contributed by atoms with Crippen molar-refractivity contribution >= 4 is 5.97 Å². The Hall–Kier alpha value is -3.02. The SMILES string of the molecule is O=C(O)c1cccc(-c2cc(-c3ccc(F)cc3F)[nH]n2)c1. The zero-order valence-corrected chi connectivity index (χ0v) is 11.2. The summed E-state index contributed by atoms with van der Waals surface area (Å²) in [5.74, 6) is -2.40. The molecule has 2 aromatic carbocycles. The lowest BCUT2D eigenvalue weighted by Crippen LogP contribution is -1.95. The number of rotatable bonds is 3. The molecule has 0 atom stereocenters. The van der Waals surface area contributed by atoms with Crippen LogP contribution in [0.2, 0.25) is 0 Å². The van der Waals surface area contributed by atoms with Crippen molar-refractivity contribution in [1.82, 2.24) is 10.2 Å². The Bertz CT molecular complexity index is 859. The van der Waals surface area contributed by atoms with Gasteiger partial charge in [-0.25, -0.2) is 13.6 Å². The molecule has 1 aromatic heterocycles. The topological polar surface area (TPSA) is 66.0 Å². The predicted octanol–water partition coefficient (Wildman–Crippen LogP) is 3.72. The van der Waals surface area contributed by atoms with E-state index in [1.54, 1.807) is 18.2 Å². The van der Waals surface area contributed by atoms with Gasteiger partial charge in [-0.05, 0) is 30.3 Å². The Morgan fingerprint density at radius 3 is 2.64 bits per heavy atom. The van der Waals surface area contributed by atoms with Gasteiger partial charge >= 0.3 is 5.97 Å². The third-order valence-corrected chi connectivity index (χ3v) is 3.20. The summed E-state index contributed by atoms with van der Waals surface area (Å²) in [5, 5.41) is 15.7. The van der Waals surface area contributed by atoms with E-state index >= 15 is 0 Å².